The molecule has 0 heterocycles. The summed E-state index contributed by atoms with van der Waals surface area (Å²) in [6.07, 6.45) is 20.6. The summed E-state index contributed by atoms with van der Waals surface area (Å²) in [4.78, 5) is 25.8. The fourth-order valence-electron chi connectivity index (χ4n) is 4.31. The number of halogens is 4. The Kier molecular flexibility index (Phi) is 20.5. The maximum absolute atomic E-state index is 12.9. The minimum absolute atomic E-state index is 0.0937. The third-order valence-corrected chi connectivity index (χ3v) is 8.44. The predicted molar refractivity (Wildman–Crippen MR) is 162 cm³/mol. The smallest absolute Gasteiger partial charge is 0.340 e. The van der Waals surface area contributed by atoms with Crippen LogP contribution in [0.3, 0.4) is 0 Å². The molecule has 0 aliphatic carbocycles. The van der Waals surface area contributed by atoms with Gasteiger partial charge in [0.2, 0.25) is 0 Å². The van der Waals surface area contributed by atoms with Crippen LogP contribution in [0.1, 0.15) is 150 Å². The van der Waals surface area contributed by atoms with Gasteiger partial charge in [-0.05, 0) is 12.8 Å². The van der Waals surface area contributed by atoms with E-state index in [1.54, 1.807) is 0 Å². The molecule has 4 nitrogen and oxygen atoms in total. The maximum atomic E-state index is 12.9. The number of benzene rings is 1. The number of hydrogen-bond donors (Lipinski definition) is 0. The van der Waals surface area contributed by atoms with Gasteiger partial charge in [-0.2, -0.15) is 0 Å². The molecule has 0 amide bonds. The number of unbranched alkanes of at least 4 members (excludes halogenated alkanes) is 16. The molecule has 1 rings (SSSR count). The van der Waals surface area contributed by atoms with Crippen molar-refractivity contribution in [3.8, 4) is 0 Å². The van der Waals surface area contributed by atoms with Crippen molar-refractivity contribution in [3.05, 3.63) is 31.2 Å². The molecule has 0 bridgehead atoms. The lowest BCUT2D eigenvalue weighted by molar-refractivity contribution is 0.0450. The molecular weight excluding hydrogens is 566 g/mol. The molecule has 218 valence electrons. The molecule has 1 aromatic carbocycles. The first kappa shape index (κ1) is 35.3. The molecule has 0 aliphatic rings. The molecule has 38 heavy (non-hydrogen) atoms. The molecule has 8 heteroatoms. The Morgan fingerprint density at radius 1 is 0.447 bits per heavy atom. The zero-order valence-electron chi connectivity index (χ0n) is 23.3. The Morgan fingerprint density at radius 2 is 0.711 bits per heavy atom. The second-order valence-corrected chi connectivity index (χ2v) is 11.4. The number of carbonyl (C=O) groups is 2. The van der Waals surface area contributed by atoms with Gasteiger partial charge >= 0.3 is 11.9 Å². The molecule has 0 aliphatic heterocycles. The molecule has 0 radical (unpaired) electrons. The van der Waals surface area contributed by atoms with Crippen molar-refractivity contribution in [2.45, 2.75) is 129 Å². The van der Waals surface area contributed by atoms with E-state index in [1.807, 2.05) is 0 Å². The van der Waals surface area contributed by atoms with E-state index in [4.69, 9.17) is 55.9 Å². The number of carbonyl (C=O) groups excluding carboxylic acids is 2. The van der Waals surface area contributed by atoms with Crippen LogP contribution in [0, 0.1) is 0 Å². The largest absolute Gasteiger partial charge is 0.462 e. The van der Waals surface area contributed by atoms with Crippen molar-refractivity contribution >= 4 is 58.3 Å². The van der Waals surface area contributed by atoms with Crippen molar-refractivity contribution in [3.63, 3.8) is 0 Å². The molecular formula is C30H46Cl4O4. The minimum atomic E-state index is -0.759. The molecule has 0 aromatic heterocycles. The molecule has 1 aromatic rings. The van der Waals surface area contributed by atoms with Crippen molar-refractivity contribution in [1.29, 1.82) is 0 Å². The van der Waals surface area contributed by atoms with E-state index in [2.05, 4.69) is 13.8 Å². The average Bonchev–Trinajstić information content (AvgIpc) is 2.91. The van der Waals surface area contributed by atoms with E-state index in [0.717, 1.165) is 38.5 Å². The van der Waals surface area contributed by atoms with Gasteiger partial charge in [0.15, 0.2) is 0 Å². The lowest BCUT2D eigenvalue weighted by Crippen LogP contribution is -2.17. The number of hydrogen-bond acceptors (Lipinski definition) is 4. The Morgan fingerprint density at radius 3 is 1.00 bits per heavy atom. The van der Waals surface area contributed by atoms with Gasteiger partial charge in [0, 0.05) is 0 Å². The highest BCUT2D eigenvalue weighted by atomic mass is 35.5. The van der Waals surface area contributed by atoms with Gasteiger partial charge in [-0.25, -0.2) is 9.59 Å². The van der Waals surface area contributed by atoms with E-state index in [1.165, 1.54) is 77.0 Å². The van der Waals surface area contributed by atoms with E-state index >= 15 is 0 Å². The van der Waals surface area contributed by atoms with Crippen LogP contribution in [-0.2, 0) is 9.47 Å². The number of esters is 2. The van der Waals surface area contributed by atoms with Crippen molar-refractivity contribution in [2.75, 3.05) is 13.2 Å². The summed E-state index contributed by atoms with van der Waals surface area (Å²) in [5.41, 5.74) is -0.391. The molecule has 0 fully saturated rings. The zero-order chi connectivity index (χ0) is 28.2. The highest BCUT2D eigenvalue weighted by Gasteiger charge is 2.30. The summed E-state index contributed by atoms with van der Waals surface area (Å²) < 4.78 is 10.8. The monoisotopic (exact) mass is 610 g/mol. The van der Waals surface area contributed by atoms with Crippen LogP contribution in [0.25, 0.3) is 0 Å². The number of rotatable bonds is 22. The Hall–Kier alpha value is -0.680. The molecule has 0 saturated heterocycles. The van der Waals surface area contributed by atoms with Crippen LogP contribution in [0.15, 0.2) is 0 Å². The van der Waals surface area contributed by atoms with Crippen molar-refractivity contribution in [2.24, 2.45) is 0 Å². The van der Waals surface area contributed by atoms with Crippen LogP contribution >= 0.6 is 46.4 Å². The predicted octanol–water partition coefficient (Wildman–Crippen LogP) is 11.7. The first-order valence-electron chi connectivity index (χ1n) is 14.6. The summed E-state index contributed by atoms with van der Waals surface area (Å²) in [7, 11) is 0. The van der Waals surface area contributed by atoms with Gasteiger partial charge in [-0.15, -0.1) is 0 Å². The van der Waals surface area contributed by atoms with E-state index < -0.39 is 11.9 Å². The third-order valence-electron chi connectivity index (χ3n) is 6.64. The Bertz CT molecular complexity index is 762. The van der Waals surface area contributed by atoms with Gasteiger partial charge in [0.1, 0.15) is 0 Å². The average molecular weight is 613 g/mol. The van der Waals surface area contributed by atoms with E-state index in [0.29, 0.717) is 0 Å². The summed E-state index contributed by atoms with van der Waals surface area (Å²) in [5.74, 6) is -1.52. The van der Waals surface area contributed by atoms with Gasteiger partial charge < -0.3 is 9.47 Å². The minimum Gasteiger partial charge on any atom is -0.462 e. The number of ether oxygens (including phenoxy) is 2. The summed E-state index contributed by atoms with van der Waals surface area (Å²) in [6.45, 7) is 4.86. The van der Waals surface area contributed by atoms with Gasteiger partial charge in [-0.1, -0.05) is 163 Å². The summed E-state index contributed by atoms with van der Waals surface area (Å²) >= 11 is 25.0. The second-order valence-electron chi connectivity index (χ2n) is 9.93. The normalized spacial score (nSPS) is 11.1. The first-order chi connectivity index (χ1) is 18.4. The van der Waals surface area contributed by atoms with Crippen LogP contribution < -0.4 is 0 Å². The van der Waals surface area contributed by atoms with Crippen LogP contribution in [-0.4, -0.2) is 25.2 Å². The van der Waals surface area contributed by atoms with Gasteiger partial charge in [0.25, 0.3) is 0 Å². The second kappa shape index (κ2) is 22.1. The first-order valence-corrected chi connectivity index (χ1v) is 16.1. The van der Waals surface area contributed by atoms with Crippen LogP contribution in [0.2, 0.25) is 20.1 Å². The van der Waals surface area contributed by atoms with E-state index in [9.17, 15) is 9.59 Å². The highest BCUT2D eigenvalue weighted by Crippen LogP contribution is 2.42. The van der Waals surface area contributed by atoms with E-state index in [-0.39, 0.29) is 44.4 Å². The van der Waals surface area contributed by atoms with Gasteiger partial charge in [-0.3, -0.25) is 0 Å². The maximum Gasteiger partial charge on any atom is 0.340 e. The Labute approximate surface area is 250 Å². The van der Waals surface area contributed by atoms with Crippen molar-refractivity contribution in [1.82, 2.24) is 0 Å². The van der Waals surface area contributed by atoms with Crippen LogP contribution in [0.4, 0.5) is 0 Å². The van der Waals surface area contributed by atoms with Crippen LogP contribution in [0.5, 0.6) is 0 Å². The summed E-state index contributed by atoms with van der Waals surface area (Å²) in [6, 6.07) is 0. The van der Waals surface area contributed by atoms with Gasteiger partial charge in [0.05, 0.1) is 44.4 Å². The Balaban J connectivity index is 2.55. The highest BCUT2D eigenvalue weighted by molar-refractivity contribution is 6.54. The molecule has 0 N–H and O–H groups in total. The quantitative estimate of drug-likeness (QED) is 0.0566. The standard InChI is InChI=1S/C30H46Cl4O4/c1-3-5-7-9-11-13-15-17-19-21-37-29(35)23-24(26(32)28(34)27(33)25(23)31)30(36)38-22-20-18-16-14-12-10-8-6-4-2/h3-22H2,1-2H3. The molecule has 0 atom stereocenters. The molecule has 0 spiro atoms. The van der Waals surface area contributed by atoms with Crippen molar-refractivity contribution < 1.29 is 19.1 Å². The lowest BCUT2D eigenvalue weighted by Gasteiger charge is -2.15. The SMILES string of the molecule is CCCCCCCCCCCOC(=O)c1c(Cl)c(Cl)c(Cl)c(Cl)c1C(=O)OCCCCCCCCCCC. The molecule has 0 unspecified atom stereocenters. The third kappa shape index (κ3) is 13.6. The summed E-state index contributed by atoms with van der Waals surface area (Å²) in [5, 5.41) is -0.506. The fraction of sp³-hybridized carbons (Fsp3) is 0.733. The molecule has 0 saturated carbocycles. The zero-order valence-corrected chi connectivity index (χ0v) is 26.3. The lowest BCUT2D eigenvalue weighted by atomic mass is 10.1. The fourth-order valence-corrected chi connectivity index (χ4v) is 5.32. The topological polar surface area (TPSA) is 52.6 Å².